The predicted octanol–water partition coefficient (Wildman–Crippen LogP) is 5.60. The third-order valence-corrected chi connectivity index (χ3v) is 13.2. The van der Waals surface area contributed by atoms with E-state index in [-0.39, 0.29) is 34.9 Å². The molecule has 14 unspecified atom stereocenters. The van der Waals surface area contributed by atoms with Crippen molar-refractivity contribution in [2.45, 2.75) is 109 Å². The minimum absolute atomic E-state index is 0.0427. The summed E-state index contributed by atoms with van der Waals surface area (Å²) in [7, 11) is 0. The van der Waals surface area contributed by atoms with Gasteiger partial charge < -0.3 is 24.4 Å². The van der Waals surface area contributed by atoms with Crippen LogP contribution in [0.5, 0.6) is 0 Å². The van der Waals surface area contributed by atoms with Gasteiger partial charge in [-0.05, 0) is 97.5 Å². The van der Waals surface area contributed by atoms with Gasteiger partial charge in [-0.15, -0.1) is 0 Å². The van der Waals surface area contributed by atoms with Crippen LogP contribution in [0.2, 0.25) is 0 Å². The van der Waals surface area contributed by atoms with Gasteiger partial charge in [0.2, 0.25) is 0 Å². The molecule has 7 rings (SSSR count). The molecule has 6 heteroatoms. The van der Waals surface area contributed by atoms with Gasteiger partial charge in [-0.3, -0.25) is 0 Å². The van der Waals surface area contributed by atoms with Crippen LogP contribution in [-0.4, -0.2) is 53.0 Å². The van der Waals surface area contributed by atoms with E-state index >= 15 is 0 Å². The van der Waals surface area contributed by atoms with E-state index in [1.165, 1.54) is 0 Å². The monoisotopic (exact) mass is 552 g/mol. The normalized spacial score (nSPS) is 53.3. The number of aliphatic hydroxyl groups excluding tert-OH is 2. The Bertz CT molecular complexity index is 1110. The number of esters is 1. The van der Waals surface area contributed by atoms with Gasteiger partial charge in [0.05, 0.1) is 30.5 Å². The Labute approximate surface area is 239 Å². The highest BCUT2D eigenvalue weighted by atomic mass is 16.7. The lowest BCUT2D eigenvalue weighted by molar-refractivity contribution is -0.273. The largest absolute Gasteiger partial charge is 0.458 e. The second-order valence-electron chi connectivity index (χ2n) is 15.1. The third-order valence-electron chi connectivity index (χ3n) is 13.2. The van der Waals surface area contributed by atoms with Crippen molar-refractivity contribution >= 4 is 5.97 Å². The first-order chi connectivity index (χ1) is 19.1. The van der Waals surface area contributed by atoms with Crippen LogP contribution in [0.25, 0.3) is 0 Å². The summed E-state index contributed by atoms with van der Waals surface area (Å²) in [5.74, 6) is 2.11. The first-order valence-corrected chi connectivity index (χ1v) is 16.0. The summed E-state index contributed by atoms with van der Waals surface area (Å²) in [4.78, 5) is 13.3. The summed E-state index contributed by atoms with van der Waals surface area (Å²) in [5.41, 5.74) is 0.546. The lowest BCUT2D eigenvalue weighted by Gasteiger charge is -2.63. The van der Waals surface area contributed by atoms with Gasteiger partial charge >= 0.3 is 5.97 Å². The minimum atomic E-state index is -0.768. The number of hydrogen-bond acceptors (Lipinski definition) is 6. The van der Waals surface area contributed by atoms with Crippen molar-refractivity contribution in [1.29, 1.82) is 0 Å². The smallest absolute Gasteiger partial charge is 0.338 e. The molecule has 2 N–H and O–H groups in total. The Hall–Kier alpha value is -1.47. The van der Waals surface area contributed by atoms with E-state index < -0.39 is 18.0 Å². The van der Waals surface area contributed by atoms with E-state index in [0.717, 1.165) is 45.1 Å². The van der Waals surface area contributed by atoms with Crippen molar-refractivity contribution in [3.8, 4) is 0 Å². The van der Waals surface area contributed by atoms with Crippen LogP contribution < -0.4 is 0 Å². The number of hydrogen-bond donors (Lipinski definition) is 2. The molecular formula is C34H48O6. The molecule has 0 radical (unpaired) electrons. The van der Waals surface area contributed by atoms with Crippen molar-refractivity contribution in [3.63, 3.8) is 0 Å². The summed E-state index contributed by atoms with van der Waals surface area (Å²) < 4.78 is 19.8. The van der Waals surface area contributed by atoms with Crippen LogP contribution in [0, 0.1) is 52.3 Å². The van der Waals surface area contributed by atoms with Crippen LogP contribution in [0.4, 0.5) is 0 Å². The number of benzene rings is 1. The molecule has 1 spiro atoms. The number of rotatable bonds is 2. The molecule has 0 bridgehead atoms. The maximum atomic E-state index is 13.3. The zero-order valence-electron chi connectivity index (χ0n) is 24.6. The fourth-order valence-corrected chi connectivity index (χ4v) is 11.2. The Morgan fingerprint density at radius 3 is 2.42 bits per heavy atom. The van der Waals surface area contributed by atoms with Gasteiger partial charge in [-0.1, -0.05) is 45.9 Å². The van der Waals surface area contributed by atoms with Gasteiger partial charge in [-0.25, -0.2) is 4.79 Å². The fraction of sp³-hybridized carbons (Fsp3) is 0.794. The number of carbonyl (C=O) groups is 1. The Balaban J connectivity index is 1.19. The maximum Gasteiger partial charge on any atom is 0.338 e. The average molecular weight is 553 g/mol. The van der Waals surface area contributed by atoms with Crippen LogP contribution >= 0.6 is 0 Å². The van der Waals surface area contributed by atoms with Crippen molar-refractivity contribution in [1.82, 2.24) is 0 Å². The van der Waals surface area contributed by atoms with E-state index in [1.54, 1.807) is 0 Å². The second-order valence-corrected chi connectivity index (χ2v) is 15.1. The maximum absolute atomic E-state index is 13.3. The zero-order valence-corrected chi connectivity index (χ0v) is 24.6. The van der Waals surface area contributed by atoms with Crippen LogP contribution in [0.15, 0.2) is 30.3 Å². The SMILES string of the molecule is CC1CCC2(OC1)OC1CC3C4CC(OC(=O)c5ccccc5)C5CC(O)C(O)CC5(C)C4CCC3(C)C1C2C. The van der Waals surface area contributed by atoms with Crippen LogP contribution in [0.1, 0.15) is 89.4 Å². The predicted molar refractivity (Wildman–Crippen MR) is 150 cm³/mol. The summed E-state index contributed by atoms with van der Waals surface area (Å²) in [6.07, 6.45) is 5.82. The Kier molecular flexibility index (Phi) is 6.51. The highest BCUT2D eigenvalue weighted by molar-refractivity contribution is 5.89. The minimum Gasteiger partial charge on any atom is -0.458 e. The molecule has 2 aliphatic heterocycles. The molecule has 40 heavy (non-hydrogen) atoms. The lowest BCUT2D eigenvalue weighted by atomic mass is 9.43. The van der Waals surface area contributed by atoms with E-state index in [0.29, 0.717) is 53.9 Å². The second kappa shape index (κ2) is 9.52. The molecular weight excluding hydrogens is 504 g/mol. The molecule has 220 valence electrons. The lowest BCUT2D eigenvalue weighted by Crippen LogP contribution is -2.61. The highest BCUT2D eigenvalue weighted by Crippen LogP contribution is 2.71. The van der Waals surface area contributed by atoms with Crippen molar-refractivity contribution in [2.75, 3.05) is 6.61 Å². The summed E-state index contributed by atoms with van der Waals surface area (Å²) in [6, 6.07) is 9.26. The molecule has 6 fully saturated rings. The molecule has 4 saturated carbocycles. The van der Waals surface area contributed by atoms with Crippen LogP contribution in [0.3, 0.4) is 0 Å². The molecule has 6 aliphatic rings. The van der Waals surface area contributed by atoms with Crippen molar-refractivity contribution < 1.29 is 29.2 Å². The van der Waals surface area contributed by atoms with Gasteiger partial charge in [0.15, 0.2) is 5.79 Å². The van der Waals surface area contributed by atoms with Crippen LogP contribution in [-0.2, 0) is 14.2 Å². The third kappa shape index (κ3) is 3.92. The van der Waals surface area contributed by atoms with Gasteiger partial charge in [0.25, 0.3) is 0 Å². The molecule has 0 amide bonds. The van der Waals surface area contributed by atoms with E-state index in [2.05, 4.69) is 27.7 Å². The zero-order chi connectivity index (χ0) is 28.0. The van der Waals surface area contributed by atoms with Crippen molar-refractivity contribution in [3.05, 3.63) is 35.9 Å². The summed E-state index contributed by atoms with van der Waals surface area (Å²) >= 11 is 0. The molecule has 1 aromatic carbocycles. The highest BCUT2D eigenvalue weighted by Gasteiger charge is 2.70. The molecule has 2 heterocycles. The Morgan fingerprint density at radius 2 is 1.70 bits per heavy atom. The topological polar surface area (TPSA) is 85.2 Å². The molecule has 0 aromatic heterocycles. The molecule has 6 nitrogen and oxygen atoms in total. The summed E-state index contributed by atoms with van der Waals surface area (Å²) in [6.45, 7) is 10.3. The first-order valence-electron chi connectivity index (χ1n) is 16.0. The fourth-order valence-electron chi connectivity index (χ4n) is 11.2. The number of aliphatic hydroxyl groups is 2. The van der Waals surface area contributed by atoms with Crippen molar-refractivity contribution in [2.24, 2.45) is 52.3 Å². The molecule has 4 aliphatic carbocycles. The number of ether oxygens (including phenoxy) is 3. The summed E-state index contributed by atoms with van der Waals surface area (Å²) in [5, 5.41) is 21.6. The average Bonchev–Trinajstić information content (AvgIpc) is 3.38. The molecule has 14 atom stereocenters. The quantitative estimate of drug-likeness (QED) is 0.465. The molecule has 1 aromatic rings. The molecule has 2 saturated heterocycles. The van der Waals surface area contributed by atoms with E-state index in [9.17, 15) is 15.0 Å². The first kappa shape index (κ1) is 27.4. The Morgan fingerprint density at radius 1 is 0.925 bits per heavy atom. The van der Waals surface area contributed by atoms with Gasteiger partial charge in [0.1, 0.15) is 6.10 Å². The van der Waals surface area contributed by atoms with E-state index in [4.69, 9.17) is 14.2 Å². The number of carbonyl (C=O) groups excluding carboxylic acids is 1. The van der Waals surface area contributed by atoms with Gasteiger partial charge in [-0.2, -0.15) is 0 Å². The standard InChI is InChI=1S/C34H48O6/c1-19-10-13-34(38-18-19)20(2)30-29(40-34)16-24-22-14-28(39-31(37)21-8-6-5-7-9-21)25-15-26(35)27(36)17-33(25,4)23(22)11-12-32(24,30)3/h5-9,19-20,22-30,35-36H,10-18H2,1-4H3. The number of fused-ring (bicyclic) bond motifs is 7. The van der Waals surface area contributed by atoms with Gasteiger partial charge in [0, 0.05) is 18.3 Å². The van der Waals surface area contributed by atoms with E-state index in [1.807, 2.05) is 30.3 Å².